The Morgan fingerprint density at radius 3 is 2.25 bits per heavy atom. The van der Waals surface area contributed by atoms with E-state index in [1.165, 1.54) is 12.1 Å². The van der Waals surface area contributed by atoms with E-state index in [2.05, 4.69) is 10.3 Å². The number of aromatic nitrogens is 3. The van der Waals surface area contributed by atoms with Gasteiger partial charge in [-0.15, -0.1) is 5.10 Å². The topological polar surface area (TPSA) is 137 Å². The van der Waals surface area contributed by atoms with E-state index >= 15 is 0 Å². The average molecular weight is 429 g/mol. The number of benzene rings is 4. The fraction of sp³-hybridized carbons (Fsp3) is 0. The molecule has 158 valence electrons. The number of hydrogen-bond acceptors (Lipinski definition) is 7. The van der Waals surface area contributed by atoms with E-state index in [-0.39, 0.29) is 11.4 Å². The third kappa shape index (κ3) is 3.92. The van der Waals surface area contributed by atoms with Crippen molar-refractivity contribution in [2.24, 2.45) is 0 Å². The second-order valence-corrected chi connectivity index (χ2v) is 6.71. The molecule has 4 aromatic carbocycles. The van der Waals surface area contributed by atoms with Crippen molar-refractivity contribution in [2.45, 2.75) is 0 Å². The molecule has 10 nitrogen and oxygen atoms in total. The van der Waals surface area contributed by atoms with Gasteiger partial charge in [-0.2, -0.15) is 0 Å². The van der Waals surface area contributed by atoms with Crippen molar-refractivity contribution in [2.75, 3.05) is 0 Å². The van der Waals surface area contributed by atoms with Crippen molar-refractivity contribution in [3.63, 3.8) is 0 Å². The molecule has 0 atom stereocenters. The van der Waals surface area contributed by atoms with Crippen LogP contribution in [0.25, 0.3) is 32.9 Å². The first-order valence-corrected chi connectivity index (χ1v) is 9.36. The molecule has 0 aliphatic heterocycles. The molecule has 5 rings (SSSR count). The van der Waals surface area contributed by atoms with E-state index in [1.807, 2.05) is 48.5 Å². The van der Waals surface area contributed by atoms with E-state index in [0.717, 1.165) is 21.7 Å². The zero-order valence-corrected chi connectivity index (χ0v) is 16.4. The van der Waals surface area contributed by atoms with Crippen molar-refractivity contribution in [3.8, 4) is 11.1 Å². The largest absolute Gasteiger partial charge is 0.410 e. The summed E-state index contributed by atoms with van der Waals surface area (Å²) in [5.74, 6) is 0. The maximum absolute atomic E-state index is 11.3. The van der Waals surface area contributed by atoms with Gasteiger partial charge >= 0.3 is 0 Å². The van der Waals surface area contributed by atoms with Gasteiger partial charge in [-0.1, -0.05) is 59.4 Å². The Morgan fingerprint density at radius 2 is 1.50 bits per heavy atom. The summed E-state index contributed by atoms with van der Waals surface area (Å²) < 4.78 is 0. The van der Waals surface area contributed by atoms with E-state index in [9.17, 15) is 20.2 Å². The van der Waals surface area contributed by atoms with Crippen LogP contribution in [-0.4, -0.2) is 30.2 Å². The number of fused-ring (bicyclic) bond motifs is 2. The molecule has 1 heterocycles. The van der Waals surface area contributed by atoms with Crippen molar-refractivity contribution < 1.29 is 15.1 Å². The predicted molar refractivity (Wildman–Crippen MR) is 117 cm³/mol. The molecule has 0 aliphatic carbocycles. The van der Waals surface area contributed by atoms with Crippen LogP contribution < -0.4 is 0 Å². The van der Waals surface area contributed by atoms with Gasteiger partial charge in [0.05, 0.1) is 21.5 Å². The number of nitro benzene ring substituents is 2. The minimum Gasteiger partial charge on any atom is -0.410 e. The summed E-state index contributed by atoms with van der Waals surface area (Å²) in [6.45, 7) is 0. The summed E-state index contributed by atoms with van der Waals surface area (Å²) in [4.78, 5) is 21.6. The lowest BCUT2D eigenvalue weighted by Crippen LogP contribution is -1.95. The monoisotopic (exact) mass is 429 g/mol. The van der Waals surface area contributed by atoms with E-state index < -0.39 is 9.85 Å². The average Bonchev–Trinajstić information content (AvgIpc) is 3.19. The van der Waals surface area contributed by atoms with Gasteiger partial charge in [0, 0.05) is 6.07 Å². The molecule has 0 saturated heterocycles. The van der Waals surface area contributed by atoms with Crippen molar-refractivity contribution in [1.29, 1.82) is 0 Å². The fourth-order valence-electron chi connectivity index (χ4n) is 3.33. The van der Waals surface area contributed by atoms with Crippen LogP contribution in [0.5, 0.6) is 0 Å². The number of para-hydroxylation sites is 1. The quantitative estimate of drug-likeness (QED) is 0.242. The second kappa shape index (κ2) is 8.48. The molecule has 0 unspecified atom stereocenters. The lowest BCUT2D eigenvalue weighted by Gasteiger charge is -2.07. The van der Waals surface area contributed by atoms with Crippen LogP contribution in [-0.2, 0) is 0 Å². The molecule has 0 spiro atoms. The number of non-ortho nitro benzene ring substituents is 1. The molecule has 1 N–H and O–H groups in total. The third-order valence-corrected chi connectivity index (χ3v) is 4.80. The Bertz CT molecular complexity index is 1460. The van der Waals surface area contributed by atoms with Gasteiger partial charge in [-0.05, 0) is 39.7 Å². The van der Waals surface area contributed by atoms with Crippen molar-refractivity contribution in [3.05, 3.63) is 105 Å². The lowest BCUT2D eigenvalue weighted by atomic mass is 9.97. The highest BCUT2D eigenvalue weighted by atomic mass is 16.6. The Kier molecular flexibility index (Phi) is 5.41. The second-order valence-electron chi connectivity index (χ2n) is 6.71. The molecule has 0 amide bonds. The molecule has 0 radical (unpaired) electrons. The van der Waals surface area contributed by atoms with Gasteiger partial charge in [0.15, 0.2) is 0 Å². The molecule has 10 heteroatoms. The maximum Gasteiger partial charge on any atom is 0.284 e. The van der Waals surface area contributed by atoms with Gasteiger partial charge in [0.25, 0.3) is 11.4 Å². The molecule has 0 aliphatic rings. The summed E-state index contributed by atoms with van der Waals surface area (Å²) in [6.07, 6.45) is 0. The number of hydrogen-bond donors (Lipinski definition) is 1. The number of rotatable bonds is 3. The number of nitrogens with zero attached hydrogens (tertiary/aromatic N) is 5. The molecular formula is C22H15N5O5. The standard InChI is InChI=1S/C16H10N2O4.C6H5N3O/c19-17(20)12-8-9-15(16(10-12)18(21)22)14-7-3-5-11-4-1-2-6-13(11)14;10-9-6-4-2-1-3-5(6)7-8-9/h1-10H;1-4,10H. The molecular weight excluding hydrogens is 414 g/mol. The molecule has 5 aromatic rings. The first-order valence-electron chi connectivity index (χ1n) is 9.36. The van der Waals surface area contributed by atoms with Gasteiger partial charge in [-0.3, -0.25) is 20.2 Å². The van der Waals surface area contributed by atoms with Gasteiger partial charge in [-0.25, -0.2) is 0 Å². The normalized spacial score (nSPS) is 10.5. The van der Waals surface area contributed by atoms with Crippen molar-refractivity contribution >= 4 is 33.2 Å². The van der Waals surface area contributed by atoms with Crippen LogP contribution in [0.4, 0.5) is 11.4 Å². The van der Waals surface area contributed by atoms with Crippen molar-refractivity contribution in [1.82, 2.24) is 15.2 Å². The van der Waals surface area contributed by atoms with Gasteiger partial charge < -0.3 is 5.21 Å². The minimum atomic E-state index is -0.639. The summed E-state index contributed by atoms with van der Waals surface area (Å²) in [6, 6.07) is 23.9. The van der Waals surface area contributed by atoms with E-state index in [1.54, 1.807) is 18.2 Å². The Labute approximate surface area is 180 Å². The third-order valence-electron chi connectivity index (χ3n) is 4.80. The van der Waals surface area contributed by atoms with E-state index in [4.69, 9.17) is 5.21 Å². The number of nitro groups is 2. The molecule has 0 bridgehead atoms. The molecule has 0 saturated carbocycles. The highest BCUT2D eigenvalue weighted by molar-refractivity contribution is 5.98. The molecule has 0 fully saturated rings. The predicted octanol–water partition coefficient (Wildman–Crippen LogP) is 4.99. The SMILES string of the molecule is O=[N+]([O-])c1ccc(-c2cccc3ccccc23)c([N+](=O)[O-])c1.On1nnc2ccccc21. The smallest absolute Gasteiger partial charge is 0.284 e. The first kappa shape index (κ1) is 20.4. The summed E-state index contributed by atoms with van der Waals surface area (Å²) >= 11 is 0. The minimum absolute atomic E-state index is 0.273. The van der Waals surface area contributed by atoms with Crippen LogP contribution in [0.1, 0.15) is 0 Å². The summed E-state index contributed by atoms with van der Waals surface area (Å²) in [5, 5.41) is 40.0. The first-order chi connectivity index (χ1) is 15.5. The van der Waals surface area contributed by atoms with Crippen LogP contribution in [0, 0.1) is 20.2 Å². The zero-order chi connectivity index (χ0) is 22.7. The van der Waals surface area contributed by atoms with Crippen LogP contribution in [0.15, 0.2) is 84.9 Å². The summed E-state index contributed by atoms with van der Waals surface area (Å²) in [5.41, 5.74) is 1.81. The lowest BCUT2D eigenvalue weighted by molar-refractivity contribution is -0.393. The highest BCUT2D eigenvalue weighted by Gasteiger charge is 2.21. The van der Waals surface area contributed by atoms with Gasteiger partial charge in [0.2, 0.25) is 0 Å². The Morgan fingerprint density at radius 1 is 0.781 bits per heavy atom. The van der Waals surface area contributed by atoms with Gasteiger partial charge in [0.1, 0.15) is 11.0 Å². The highest BCUT2D eigenvalue weighted by Crippen LogP contribution is 2.36. The zero-order valence-electron chi connectivity index (χ0n) is 16.4. The van der Waals surface area contributed by atoms with Crippen LogP contribution in [0.3, 0.4) is 0 Å². The molecule has 1 aromatic heterocycles. The summed E-state index contributed by atoms with van der Waals surface area (Å²) in [7, 11) is 0. The van der Waals surface area contributed by atoms with E-state index in [0.29, 0.717) is 22.2 Å². The Balaban J connectivity index is 0.000000203. The fourth-order valence-corrected chi connectivity index (χ4v) is 3.33. The van der Waals surface area contributed by atoms with Crippen LogP contribution >= 0.6 is 0 Å². The Hall–Kier alpha value is -4.86. The molecule has 32 heavy (non-hydrogen) atoms. The van der Waals surface area contributed by atoms with Crippen LogP contribution in [0.2, 0.25) is 0 Å². The maximum atomic E-state index is 11.3.